The summed E-state index contributed by atoms with van der Waals surface area (Å²) in [6.07, 6.45) is -3.60. The maximum absolute atomic E-state index is 12.5. The smallest absolute Gasteiger partial charge is 0.465 e. The highest BCUT2D eigenvalue weighted by Gasteiger charge is 2.32. The molecule has 8 heteroatoms. The Morgan fingerprint density at radius 3 is 2.55 bits per heavy atom. The van der Waals surface area contributed by atoms with Gasteiger partial charge >= 0.3 is 12.3 Å². The molecule has 1 aromatic carbocycles. The number of nitrogen functional groups attached to an aromatic ring is 1. The van der Waals surface area contributed by atoms with E-state index in [1.54, 1.807) is 0 Å². The van der Waals surface area contributed by atoms with Gasteiger partial charge in [0.05, 0.1) is 24.1 Å². The van der Waals surface area contributed by atoms with Crippen LogP contribution in [0.2, 0.25) is 0 Å². The molecule has 0 fully saturated rings. The van der Waals surface area contributed by atoms with Crippen molar-refractivity contribution < 1.29 is 27.4 Å². The minimum atomic E-state index is -4.86. The molecule has 2 aromatic rings. The van der Waals surface area contributed by atoms with Gasteiger partial charge < -0.3 is 15.2 Å². The second kappa shape index (κ2) is 5.92. The number of nitrogens with zero attached hydrogens (tertiary/aromatic N) is 1. The zero-order valence-electron chi connectivity index (χ0n) is 11.3. The number of halogens is 3. The third-order valence-corrected chi connectivity index (χ3v) is 2.76. The Balaban J connectivity index is 2.56. The van der Waals surface area contributed by atoms with Gasteiger partial charge in [-0.3, -0.25) is 4.98 Å². The highest BCUT2D eigenvalue weighted by Crippen LogP contribution is 2.36. The van der Waals surface area contributed by atoms with Crippen molar-refractivity contribution in [3.05, 3.63) is 42.1 Å². The maximum Gasteiger partial charge on any atom is 0.573 e. The first-order valence-electron chi connectivity index (χ1n) is 6.01. The zero-order valence-corrected chi connectivity index (χ0v) is 11.3. The average Bonchev–Trinajstić information content (AvgIpc) is 2.46. The first-order valence-corrected chi connectivity index (χ1v) is 6.01. The number of nitrogens with two attached hydrogens (primary N) is 1. The number of carbonyl (C=O) groups is 1. The first kappa shape index (κ1) is 15.6. The van der Waals surface area contributed by atoms with Gasteiger partial charge in [-0.2, -0.15) is 0 Å². The number of benzene rings is 1. The number of pyridine rings is 1. The Labute approximate surface area is 123 Å². The predicted molar refractivity (Wildman–Crippen MR) is 72.1 cm³/mol. The minimum Gasteiger partial charge on any atom is -0.465 e. The van der Waals surface area contributed by atoms with Crippen LogP contribution in [0.1, 0.15) is 10.4 Å². The zero-order chi connectivity index (χ0) is 16.3. The Kier molecular flexibility index (Phi) is 4.20. The van der Waals surface area contributed by atoms with Gasteiger partial charge in [0.1, 0.15) is 5.75 Å². The van der Waals surface area contributed by atoms with Crippen LogP contribution in [0, 0.1) is 0 Å². The number of hydrogen-bond donors (Lipinski definition) is 1. The van der Waals surface area contributed by atoms with Gasteiger partial charge in [-0.1, -0.05) is 12.1 Å². The lowest BCUT2D eigenvalue weighted by Gasteiger charge is -2.14. The molecule has 22 heavy (non-hydrogen) atoms. The average molecular weight is 312 g/mol. The van der Waals surface area contributed by atoms with Crippen molar-refractivity contribution in [2.75, 3.05) is 12.8 Å². The van der Waals surface area contributed by atoms with Crippen molar-refractivity contribution in [1.29, 1.82) is 0 Å². The van der Waals surface area contributed by atoms with Crippen LogP contribution >= 0.6 is 0 Å². The van der Waals surface area contributed by atoms with Crippen LogP contribution in [0.3, 0.4) is 0 Å². The molecule has 0 aliphatic rings. The topological polar surface area (TPSA) is 74.4 Å². The van der Waals surface area contributed by atoms with E-state index in [1.165, 1.54) is 37.6 Å². The molecule has 5 nitrogen and oxygen atoms in total. The Bertz CT molecular complexity index is 702. The van der Waals surface area contributed by atoms with Crippen molar-refractivity contribution in [2.45, 2.75) is 6.36 Å². The van der Waals surface area contributed by atoms with E-state index >= 15 is 0 Å². The van der Waals surface area contributed by atoms with E-state index in [2.05, 4.69) is 14.5 Å². The van der Waals surface area contributed by atoms with Gasteiger partial charge in [-0.05, 0) is 18.2 Å². The van der Waals surface area contributed by atoms with Crippen LogP contribution in [0.5, 0.6) is 5.75 Å². The van der Waals surface area contributed by atoms with Gasteiger partial charge in [-0.25, -0.2) is 4.79 Å². The summed E-state index contributed by atoms with van der Waals surface area (Å²) in [6, 6.07) is 6.70. The summed E-state index contributed by atoms with van der Waals surface area (Å²) in [5.74, 6) is -1.17. The van der Waals surface area contributed by atoms with Gasteiger partial charge in [0.2, 0.25) is 0 Å². The molecule has 0 aliphatic heterocycles. The molecular formula is C14H11F3N2O3. The summed E-state index contributed by atoms with van der Waals surface area (Å²) < 4.78 is 45.9. The third kappa shape index (κ3) is 3.27. The molecular weight excluding hydrogens is 301 g/mol. The summed E-state index contributed by atoms with van der Waals surface area (Å²) >= 11 is 0. The molecule has 116 valence electrons. The maximum atomic E-state index is 12.5. The Morgan fingerprint density at radius 2 is 1.91 bits per heavy atom. The van der Waals surface area contributed by atoms with Crippen molar-refractivity contribution in [1.82, 2.24) is 4.98 Å². The number of carbonyl (C=O) groups excluding carboxylic acids is 1. The second-order valence-corrected chi connectivity index (χ2v) is 4.16. The molecule has 0 saturated heterocycles. The van der Waals surface area contributed by atoms with Crippen molar-refractivity contribution in [2.24, 2.45) is 0 Å². The second-order valence-electron chi connectivity index (χ2n) is 4.16. The van der Waals surface area contributed by atoms with Crippen LogP contribution in [0.15, 0.2) is 36.5 Å². The van der Waals surface area contributed by atoms with Gasteiger partial charge in [0, 0.05) is 11.8 Å². The fourth-order valence-corrected chi connectivity index (χ4v) is 1.85. The fraction of sp³-hybridized carbons (Fsp3) is 0.143. The number of esters is 1. The number of hydrogen-bond acceptors (Lipinski definition) is 5. The molecule has 0 bridgehead atoms. The Morgan fingerprint density at radius 1 is 1.23 bits per heavy atom. The summed E-state index contributed by atoms with van der Waals surface area (Å²) in [6.45, 7) is 0. The van der Waals surface area contributed by atoms with Crippen LogP contribution in [0.4, 0.5) is 18.9 Å². The van der Waals surface area contributed by atoms with E-state index in [9.17, 15) is 18.0 Å². The summed E-state index contributed by atoms with van der Waals surface area (Å²) in [5.41, 5.74) is 5.76. The first-order chi connectivity index (χ1) is 10.3. The lowest BCUT2D eigenvalue weighted by Crippen LogP contribution is -2.18. The molecule has 0 aliphatic carbocycles. The number of para-hydroxylation sites is 1. The van der Waals surface area contributed by atoms with Crippen LogP contribution in [-0.4, -0.2) is 24.4 Å². The number of rotatable bonds is 3. The van der Waals surface area contributed by atoms with Crippen LogP contribution < -0.4 is 10.5 Å². The molecule has 0 unspecified atom stereocenters. The summed E-state index contributed by atoms with van der Waals surface area (Å²) in [4.78, 5) is 15.5. The largest absolute Gasteiger partial charge is 0.573 e. The molecule has 0 amide bonds. The Hall–Kier alpha value is -2.77. The molecule has 2 rings (SSSR count). The summed E-state index contributed by atoms with van der Waals surface area (Å²) in [5, 5.41) is 0. The number of methoxy groups -OCH3 is 1. The highest BCUT2D eigenvalue weighted by molar-refractivity contribution is 5.98. The standard InChI is InChI=1S/C14H11F3N2O3/c1-21-13(20)9-6-7-19-12(11(9)18)8-4-2-3-5-10(8)22-14(15,16)17/h2-7H,18H2,1H3. The lowest BCUT2D eigenvalue weighted by molar-refractivity contribution is -0.274. The molecule has 2 N–H and O–H groups in total. The van der Waals surface area contributed by atoms with Crippen molar-refractivity contribution in [3.63, 3.8) is 0 Å². The molecule has 0 spiro atoms. The van der Waals surface area contributed by atoms with E-state index in [4.69, 9.17) is 5.73 Å². The molecule has 0 atom stereocenters. The number of alkyl halides is 3. The van der Waals surface area contributed by atoms with E-state index in [-0.39, 0.29) is 22.5 Å². The monoisotopic (exact) mass is 312 g/mol. The third-order valence-electron chi connectivity index (χ3n) is 2.76. The number of anilines is 1. The lowest BCUT2D eigenvalue weighted by atomic mass is 10.1. The molecule has 1 aromatic heterocycles. The van der Waals surface area contributed by atoms with E-state index in [1.807, 2.05) is 0 Å². The minimum absolute atomic E-state index is 0.00255. The molecule has 1 heterocycles. The normalized spacial score (nSPS) is 11.1. The predicted octanol–water partition coefficient (Wildman–Crippen LogP) is 3.02. The van der Waals surface area contributed by atoms with Crippen LogP contribution in [-0.2, 0) is 4.74 Å². The van der Waals surface area contributed by atoms with E-state index in [0.717, 1.165) is 6.07 Å². The van der Waals surface area contributed by atoms with Crippen LogP contribution in [0.25, 0.3) is 11.3 Å². The number of ether oxygens (including phenoxy) is 2. The van der Waals surface area contributed by atoms with Gasteiger partial charge in [0.25, 0.3) is 0 Å². The number of aromatic nitrogens is 1. The van der Waals surface area contributed by atoms with E-state index < -0.39 is 18.1 Å². The van der Waals surface area contributed by atoms with Crippen molar-refractivity contribution in [3.8, 4) is 17.0 Å². The molecule has 0 radical (unpaired) electrons. The van der Waals surface area contributed by atoms with E-state index in [0.29, 0.717) is 0 Å². The van der Waals surface area contributed by atoms with Crippen molar-refractivity contribution >= 4 is 11.7 Å². The van der Waals surface area contributed by atoms with Gasteiger partial charge in [-0.15, -0.1) is 13.2 Å². The molecule has 0 saturated carbocycles. The highest BCUT2D eigenvalue weighted by atomic mass is 19.4. The SMILES string of the molecule is COC(=O)c1ccnc(-c2ccccc2OC(F)(F)F)c1N. The summed E-state index contributed by atoms with van der Waals surface area (Å²) in [7, 11) is 1.17. The van der Waals surface area contributed by atoms with Gasteiger partial charge in [0.15, 0.2) is 0 Å². The fourth-order valence-electron chi connectivity index (χ4n) is 1.85. The quantitative estimate of drug-likeness (QED) is 0.882.